The molecular weight excluding hydrogens is 396 g/mol. The van der Waals surface area contributed by atoms with E-state index in [9.17, 15) is 4.79 Å². The smallest absolute Gasteiger partial charge is 0.233 e. The van der Waals surface area contributed by atoms with E-state index in [1.165, 1.54) is 11.8 Å². The van der Waals surface area contributed by atoms with Crippen LogP contribution in [-0.4, -0.2) is 44.4 Å². The van der Waals surface area contributed by atoms with Gasteiger partial charge in [0, 0.05) is 24.7 Å². The van der Waals surface area contributed by atoms with Crippen molar-refractivity contribution >= 4 is 29.3 Å². The van der Waals surface area contributed by atoms with Crippen molar-refractivity contribution in [2.75, 3.05) is 18.8 Å². The maximum atomic E-state index is 12.5. The third-order valence-corrected chi connectivity index (χ3v) is 5.95. The normalized spacial score (nSPS) is 14.9. The Morgan fingerprint density at radius 2 is 2.04 bits per heavy atom. The van der Waals surface area contributed by atoms with Gasteiger partial charge in [-0.25, -0.2) is 0 Å². The number of piperidine rings is 1. The van der Waals surface area contributed by atoms with Crippen LogP contribution in [0.25, 0.3) is 0 Å². The molecule has 2 heterocycles. The van der Waals surface area contributed by atoms with E-state index < -0.39 is 0 Å². The van der Waals surface area contributed by atoms with Crippen LogP contribution in [-0.2, 0) is 17.9 Å². The summed E-state index contributed by atoms with van der Waals surface area (Å²) < 4.78 is 7.71. The molecule has 3 rings (SSSR count). The lowest BCUT2D eigenvalue weighted by atomic mass is 9.99. The number of allylic oxidation sites excluding steroid dienone is 1. The van der Waals surface area contributed by atoms with Gasteiger partial charge >= 0.3 is 0 Å². The Kier molecular flexibility index (Phi) is 7.39. The molecule has 1 aliphatic heterocycles. The average Bonchev–Trinajstić information content (AvgIpc) is 3.08. The zero-order valence-electron chi connectivity index (χ0n) is 16.0. The summed E-state index contributed by atoms with van der Waals surface area (Å²) >= 11 is 7.31. The van der Waals surface area contributed by atoms with Gasteiger partial charge in [-0.1, -0.05) is 36.4 Å². The quantitative estimate of drug-likeness (QED) is 0.476. The van der Waals surface area contributed by atoms with Crippen molar-refractivity contribution in [3.05, 3.63) is 47.8 Å². The van der Waals surface area contributed by atoms with Crippen molar-refractivity contribution in [1.29, 1.82) is 0 Å². The summed E-state index contributed by atoms with van der Waals surface area (Å²) in [5, 5.41) is 9.85. The number of benzene rings is 1. The maximum absolute atomic E-state index is 12.5. The number of aromatic nitrogens is 3. The fourth-order valence-corrected chi connectivity index (χ4v) is 3.99. The van der Waals surface area contributed by atoms with Crippen LogP contribution in [0.5, 0.6) is 5.75 Å². The van der Waals surface area contributed by atoms with Crippen LogP contribution in [0.1, 0.15) is 25.6 Å². The van der Waals surface area contributed by atoms with Gasteiger partial charge in [0.15, 0.2) is 11.0 Å². The van der Waals surface area contributed by atoms with E-state index in [0.717, 1.165) is 25.9 Å². The van der Waals surface area contributed by atoms with Gasteiger partial charge in [0.1, 0.15) is 12.4 Å². The number of halogens is 1. The van der Waals surface area contributed by atoms with Crippen molar-refractivity contribution in [3.63, 3.8) is 0 Å². The standard InChI is InChI=1S/C20H25ClN4O2S/c1-3-10-25-18(13-27-17-6-4-16(21)5-7-17)22-23-20(25)28-14-19(26)24-11-8-15(2)9-12-24/h3-7,15H,1,8-14H2,2H3. The molecule has 0 radical (unpaired) electrons. The minimum atomic E-state index is 0.156. The van der Waals surface area contributed by atoms with Crippen molar-refractivity contribution in [1.82, 2.24) is 19.7 Å². The number of amides is 1. The van der Waals surface area contributed by atoms with Gasteiger partial charge in [0.05, 0.1) is 5.75 Å². The van der Waals surface area contributed by atoms with Crippen LogP contribution in [0.4, 0.5) is 0 Å². The van der Waals surface area contributed by atoms with Crippen LogP contribution in [0, 0.1) is 5.92 Å². The zero-order valence-corrected chi connectivity index (χ0v) is 17.6. The zero-order chi connectivity index (χ0) is 19.9. The second-order valence-electron chi connectivity index (χ2n) is 6.89. The number of carbonyl (C=O) groups is 1. The molecule has 0 spiro atoms. The van der Waals surface area contributed by atoms with Gasteiger partial charge in [-0.15, -0.1) is 16.8 Å². The Balaban J connectivity index is 1.59. The van der Waals surface area contributed by atoms with Crippen LogP contribution in [0.15, 0.2) is 42.1 Å². The summed E-state index contributed by atoms with van der Waals surface area (Å²) in [5.41, 5.74) is 0. The van der Waals surface area contributed by atoms with Gasteiger partial charge in [0.2, 0.25) is 5.91 Å². The molecule has 1 aromatic heterocycles. The van der Waals surface area contributed by atoms with E-state index in [0.29, 0.717) is 40.0 Å². The number of rotatable bonds is 8. The number of carbonyl (C=O) groups excluding carboxylic acids is 1. The molecule has 2 aromatic rings. The highest BCUT2D eigenvalue weighted by Gasteiger charge is 2.21. The van der Waals surface area contributed by atoms with Crippen LogP contribution in [0.2, 0.25) is 5.02 Å². The van der Waals surface area contributed by atoms with Crippen LogP contribution < -0.4 is 4.74 Å². The number of thioether (sulfide) groups is 1. The van der Waals surface area contributed by atoms with E-state index >= 15 is 0 Å². The molecule has 0 unspecified atom stereocenters. The van der Waals surface area contributed by atoms with Gasteiger partial charge in [-0.2, -0.15) is 0 Å². The highest BCUT2D eigenvalue weighted by Crippen LogP contribution is 2.22. The van der Waals surface area contributed by atoms with Crippen LogP contribution >= 0.6 is 23.4 Å². The second-order valence-corrected chi connectivity index (χ2v) is 8.27. The molecule has 8 heteroatoms. The van der Waals surface area contributed by atoms with Crippen molar-refractivity contribution in [2.24, 2.45) is 5.92 Å². The monoisotopic (exact) mass is 420 g/mol. The first-order valence-corrected chi connectivity index (χ1v) is 10.7. The fraction of sp³-hybridized carbons (Fsp3) is 0.450. The summed E-state index contributed by atoms with van der Waals surface area (Å²) in [5.74, 6) is 2.62. The molecule has 6 nitrogen and oxygen atoms in total. The van der Waals surface area contributed by atoms with Crippen molar-refractivity contribution < 1.29 is 9.53 Å². The highest BCUT2D eigenvalue weighted by atomic mass is 35.5. The van der Waals surface area contributed by atoms with E-state index in [2.05, 4.69) is 23.7 Å². The number of likely N-dealkylation sites (tertiary alicyclic amines) is 1. The molecule has 0 atom stereocenters. The lowest BCUT2D eigenvalue weighted by Crippen LogP contribution is -2.38. The molecule has 150 valence electrons. The topological polar surface area (TPSA) is 60.2 Å². The summed E-state index contributed by atoms with van der Waals surface area (Å²) in [6.07, 6.45) is 3.94. The lowest BCUT2D eigenvalue weighted by molar-refractivity contribution is -0.129. The third-order valence-electron chi connectivity index (χ3n) is 4.75. The Labute approximate surface area is 174 Å². The van der Waals surface area contributed by atoms with Gasteiger partial charge < -0.3 is 9.64 Å². The van der Waals surface area contributed by atoms with Gasteiger partial charge in [0.25, 0.3) is 0 Å². The molecule has 1 fully saturated rings. The number of nitrogens with zero attached hydrogens (tertiary/aromatic N) is 4. The molecule has 1 aromatic carbocycles. The highest BCUT2D eigenvalue weighted by molar-refractivity contribution is 7.99. The second kappa shape index (κ2) is 9.98. The summed E-state index contributed by atoms with van der Waals surface area (Å²) in [7, 11) is 0. The Morgan fingerprint density at radius 3 is 2.71 bits per heavy atom. The van der Waals surface area contributed by atoms with E-state index in [4.69, 9.17) is 16.3 Å². The summed E-state index contributed by atoms with van der Waals surface area (Å²) in [6.45, 7) is 8.58. The largest absolute Gasteiger partial charge is 0.486 e. The SMILES string of the molecule is C=CCn1c(COc2ccc(Cl)cc2)nnc1SCC(=O)N1CCC(C)CC1. The molecule has 0 aliphatic carbocycles. The number of ether oxygens (including phenoxy) is 1. The Bertz CT molecular complexity index is 801. The third kappa shape index (κ3) is 5.52. The Hall–Kier alpha value is -1.99. The van der Waals surface area contributed by atoms with E-state index in [1.54, 1.807) is 18.2 Å². The summed E-state index contributed by atoms with van der Waals surface area (Å²) in [6, 6.07) is 7.17. The first kappa shape index (κ1) is 20.7. The molecule has 0 bridgehead atoms. The molecule has 1 aliphatic rings. The number of hydrogen-bond donors (Lipinski definition) is 0. The van der Waals surface area contributed by atoms with E-state index in [1.807, 2.05) is 21.6 Å². The molecule has 0 N–H and O–H groups in total. The van der Waals surface area contributed by atoms with E-state index in [-0.39, 0.29) is 12.5 Å². The minimum absolute atomic E-state index is 0.156. The predicted octanol–water partition coefficient (Wildman–Crippen LogP) is 4.05. The first-order valence-electron chi connectivity index (χ1n) is 9.38. The van der Waals surface area contributed by atoms with Crippen LogP contribution in [0.3, 0.4) is 0 Å². The maximum Gasteiger partial charge on any atom is 0.233 e. The lowest BCUT2D eigenvalue weighted by Gasteiger charge is -2.30. The van der Waals surface area contributed by atoms with Crippen molar-refractivity contribution in [3.8, 4) is 5.75 Å². The summed E-state index contributed by atoms with van der Waals surface area (Å²) in [4.78, 5) is 14.4. The molecule has 0 saturated carbocycles. The average molecular weight is 421 g/mol. The fourth-order valence-electron chi connectivity index (χ4n) is 3.00. The minimum Gasteiger partial charge on any atom is -0.486 e. The molecule has 1 amide bonds. The Morgan fingerprint density at radius 1 is 1.32 bits per heavy atom. The molecular formula is C20H25ClN4O2S. The number of hydrogen-bond acceptors (Lipinski definition) is 5. The van der Waals surface area contributed by atoms with Gasteiger partial charge in [-0.05, 0) is 43.0 Å². The van der Waals surface area contributed by atoms with Crippen molar-refractivity contribution in [2.45, 2.75) is 38.1 Å². The predicted molar refractivity (Wildman–Crippen MR) is 112 cm³/mol. The first-order chi connectivity index (χ1) is 13.6. The molecule has 28 heavy (non-hydrogen) atoms. The van der Waals surface area contributed by atoms with Gasteiger partial charge in [-0.3, -0.25) is 9.36 Å². The molecule has 1 saturated heterocycles.